The molecule has 0 aliphatic carbocycles. The molecule has 0 saturated carbocycles. The Morgan fingerprint density at radius 3 is 1.58 bits per heavy atom. The van der Waals surface area contributed by atoms with E-state index in [-0.39, 0.29) is 17.1 Å². The normalized spacial score (nSPS) is 7.75. The maximum absolute atomic E-state index is 4.04. The van der Waals surface area contributed by atoms with E-state index >= 15 is 0 Å². The molecule has 2 aromatic carbocycles. The van der Waals surface area contributed by atoms with Gasteiger partial charge in [-0.25, -0.2) is 36.9 Å². The second kappa shape index (κ2) is 7.23. The average Bonchev–Trinajstić information content (AvgIpc) is 2.57. The van der Waals surface area contributed by atoms with E-state index in [1.807, 2.05) is 54.6 Å². The summed E-state index contributed by atoms with van der Waals surface area (Å²) >= 11 is 4.04. The van der Waals surface area contributed by atoms with Crippen LogP contribution in [0, 0.1) is 0 Å². The Morgan fingerprint density at radius 1 is 0.917 bits per heavy atom. The quantitative estimate of drug-likeness (QED) is 0.392. The SMILES string of the molecule is S[c-]1cccc1.[Fe].c1cc[cH-]c1. The van der Waals surface area contributed by atoms with Gasteiger partial charge < -0.3 is 0 Å². The first-order chi connectivity index (χ1) is 5.39. The summed E-state index contributed by atoms with van der Waals surface area (Å²) in [7, 11) is 0. The van der Waals surface area contributed by atoms with Crippen molar-refractivity contribution in [2.75, 3.05) is 0 Å². The first-order valence-electron chi connectivity index (χ1n) is 3.47. The van der Waals surface area contributed by atoms with Crippen molar-refractivity contribution in [1.82, 2.24) is 0 Å². The van der Waals surface area contributed by atoms with Gasteiger partial charge in [-0.2, -0.15) is 30.3 Å². The molecule has 2 rings (SSSR count). The Kier molecular flexibility index (Phi) is 6.97. The van der Waals surface area contributed by atoms with Gasteiger partial charge in [0.25, 0.3) is 0 Å². The van der Waals surface area contributed by atoms with E-state index in [9.17, 15) is 0 Å². The van der Waals surface area contributed by atoms with Crippen LogP contribution in [0.1, 0.15) is 0 Å². The van der Waals surface area contributed by atoms with Crippen LogP contribution in [-0.4, -0.2) is 0 Å². The van der Waals surface area contributed by atoms with Crippen molar-refractivity contribution in [3.63, 3.8) is 0 Å². The summed E-state index contributed by atoms with van der Waals surface area (Å²) in [5, 5.41) is 0. The van der Waals surface area contributed by atoms with E-state index in [0.29, 0.717) is 0 Å². The van der Waals surface area contributed by atoms with E-state index in [1.165, 1.54) is 0 Å². The second-order valence-corrected chi connectivity index (χ2v) is 2.62. The summed E-state index contributed by atoms with van der Waals surface area (Å²) in [6, 6.07) is 17.8. The van der Waals surface area contributed by atoms with Crippen molar-refractivity contribution < 1.29 is 17.1 Å². The zero-order valence-electron chi connectivity index (χ0n) is 6.50. The fourth-order valence-corrected chi connectivity index (χ4v) is 0.857. The molecule has 0 amide bonds. The molecule has 12 heavy (non-hydrogen) atoms. The van der Waals surface area contributed by atoms with Crippen LogP contribution in [0.5, 0.6) is 0 Å². The fourth-order valence-electron chi connectivity index (χ4n) is 0.685. The Bertz CT molecular complexity index is 228. The monoisotopic (exact) mass is 218 g/mol. The van der Waals surface area contributed by atoms with E-state index in [2.05, 4.69) is 12.6 Å². The predicted octanol–water partition coefficient (Wildman–Crippen LogP) is 3.10. The van der Waals surface area contributed by atoms with Crippen LogP contribution in [0.4, 0.5) is 0 Å². The minimum Gasteiger partial charge on any atom is -0.214 e. The Labute approximate surface area is 89.2 Å². The molecule has 0 fully saturated rings. The number of thiol groups is 1. The average molecular weight is 218 g/mol. The van der Waals surface area contributed by atoms with Gasteiger partial charge in [0, 0.05) is 17.1 Å². The van der Waals surface area contributed by atoms with Crippen molar-refractivity contribution >= 4 is 12.6 Å². The van der Waals surface area contributed by atoms with Crippen molar-refractivity contribution in [3.05, 3.63) is 54.6 Å². The van der Waals surface area contributed by atoms with Crippen LogP contribution in [0.15, 0.2) is 59.5 Å². The molecule has 0 radical (unpaired) electrons. The molecule has 0 N–H and O–H groups in total. The summed E-state index contributed by atoms with van der Waals surface area (Å²) in [6.45, 7) is 0. The van der Waals surface area contributed by atoms with Crippen LogP contribution in [0.25, 0.3) is 0 Å². The third-order valence-corrected chi connectivity index (χ3v) is 1.50. The van der Waals surface area contributed by atoms with Crippen LogP contribution >= 0.6 is 12.6 Å². The van der Waals surface area contributed by atoms with Crippen LogP contribution < -0.4 is 0 Å². The van der Waals surface area contributed by atoms with Gasteiger partial charge in [0.2, 0.25) is 0 Å². The zero-order chi connectivity index (χ0) is 7.94. The van der Waals surface area contributed by atoms with Crippen LogP contribution in [-0.2, 0) is 17.1 Å². The number of hydrogen-bond donors (Lipinski definition) is 1. The molecule has 0 spiro atoms. The molecule has 2 heteroatoms. The predicted molar refractivity (Wildman–Crippen MR) is 51.3 cm³/mol. The van der Waals surface area contributed by atoms with E-state index < -0.39 is 0 Å². The molecule has 0 saturated heterocycles. The van der Waals surface area contributed by atoms with Crippen LogP contribution in [0.2, 0.25) is 0 Å². The second-order valence-electron chi connectivity index (χ2n) is 2.11. The van der Waals surface area contributed by atoms with Gasteiger partial charge in [-0.15, -0.1) is 4.90 Å². The standard InChI is InChI=1S/C5H5S.C5H5.Fe/c6-5-3-1-2-4-5;1-2-4-5-3-1;/h1-4,6H;1-5H;/q2*-1;. The zero-order valence-corrected chi connectivity index (χ0v) is 8.50. The smallest absolute Gasteiger partial charge is 0 e. The topological polar surface area (TPSA) is 0 Å². The third kappa shape index (κ3) is 5.25. The maximum Gasteiger partial charge on any atom is 0 e. The van der Waals surface area contributed by atoms with Gasteiger partial charge in [-0.1, -0.05) is 0 Å². The Hall–Kier alpha value is -0.431. The fraction of sp³-hybridized carbons (Fsp3) is 0. The van der Waals surface area contributed by atoms with Crippen molar-refractivity contribution in [1.29, 1.82) is 0 Å². The van der Waals surface area contributed by atoms with Gasteiger partial charge in [0.15, 0.2) is 0 Å². The molecule has 0 atom stereocenters. The molecule has 0 heterocycles. The first-order valence-corrected chi connectivity index (χ1v) is 3.91. The molecule has 0 nitrogen and oxygen atoms in total. The molecule has 0 bridgehead atoms. The maximum atomic E-state index is 4.04. The molecule has 0 aliphatic rings. The number of rotatable bonds is 0. The summed E-state index contributed by atoms with van der Waals surface area (Å²) < 4.78 is 0. The Balaban J connectivity index is 0.000000189. The summed E-state index contributed by atoms with van der Waals surface area (Å²) in [5.41, 5.74) is 0. The van der Waals surface area contributed by atoms with Gasteiger partial charge in [0.1, 0.15) is 0 Å². The van der Waals surface area contributed by atoms with Gasteiger partial charge >= 0.3 is 0 Å². The summed E-state index contributed by atoms with van der Waals surface area (Å²) in [6.07, 6.45) is 0. The molecular formula is C10H10FeS-2. The molecule has 66 valence electrons. The van der Waals surface area contributed by atoms with E-state index in [0.717, 1.165) is 4.90 Å². The van der Waals surface area contributed by atoms with Crippen molar-refractivity contribution in [2.45, 2.75) is 4.90 Å². The summed E-state index contributed by atoms with van der Waals surface area (Å²) in [5.74, 6) is 0. The molecule has 0 aliphatic heterocycles. The molecule has 0 unspecified atom stereocenters. The third-order valence-electron chi connectivity index (χ3n) is 1.20. The minimum absolute atomic E-state index is 0. The van der Waals surface area contributed by atoms with Gasteiger partial charge in [-0.05, 0) is 0 Å². The molecule has 2 aromatic rings. The van der Waals surface area contributed by atoms with Crippen LogP contribution in [0.3, 0.4) is 0 Å². The minimum atomic E-state index is 0. The van der Waals surface area contributed by atoms with Gasteiger partial charge in [0.05, 0.1) is 0 Å². The Morgan fingerprint density at radius 2 is 1.42 bits per heavy atom. The largest absolute Gasteiger partial charge is 0.214 e. The molecule has 0 aromatic heterocycles. The first kappa shape index (κ1) is 11.6. The van der Waals surface area contributed by atoms with E-state index in [4.69, 9.17) is 0 Å². The van der Waals surface area contributed by atoms with E-state index in [1.54, 1.807) is 0 Å². The van der Waals surface area contributed by atoms with Gasteiger partial charge in [-0.3, -0.25) is 0 Å². The number of hydrogen-bond acceptors (Lipinski definition) is 1. The van der Waals surface area contributed by atoms with Crippen molar-refractivity contribution in [2.24, 2.45) is 0 Å². The molecular weight excluding hydrogens is 208 g/mol. The van der Waals surface area contributed by atoms with Crippen molar-refractivity contribution in [3.8, 4) is 0 Å². The summed E-state index contributed by atoms with van der Waals surface area (Å²) in [4.78, 5) is 1.04.